The van der Waals surface area contributed by atoms with Crippen molar-refractivity contribution in [3.63, 3.8) is 0 Å². The molecule has 0 saturated carbocycles. The van der Waals surface area contributed by atoms with Gasteiger partial charge in [-0.1, -0.05) is 222 Å². The van der Waals surface area contributed by atoms with Crippen molar-refractivity contribution in [1.82, 2.24) is 21.3 Å². The monoisotopic (exact) mass is 1660 g/mol. The highest BCUT2D eigenvalue weighted by Crippen LogP contribution is 2.44. The van der Waals surface area contributed by atoms with Gasteiger partial charge >= 0.3 is 0 Å². The van der Waals surface area contributed by atoms with Gasteiger partial charge in [-0.25, -0.2) is 0 Å². The summed E-state index contributed by atoms with van der Waals surface area (Å²) >= 11 is 0. The Bertz CT molecular complexity index is 4860. The van der Waals surface area contributed by atoms with Crippen LogP contribution in [0.1, 0.15) is 162 Å². The average molecular weight is 1660 g/mol. The molecule has 4 atom stereocenters. The molecule has 124 heavy (non-hydrogen) atoms. The molecule has 1 aliphatic carbocycles. The first-order valence-corrected chi connectivity index (χ1v) is 42.5. The molecular formula is C104H104N8O12. The predicted octanol–water partition coefficient (Wildman–Crippen LogP) is 17.4. The van der Waals surface area contributed by atoms with Crippen molar-refractivity contribution in [2.75, 3.05) is 47.7 Å². The normalized spacial score (nSPS) is 12.4. The number of nitrogens with one attached hydrogen (secondary N) is 8. The third-order valence-corrected chi connectivity index (χ3v) is 21.1. The third-order valence-electron chi connectivity index (χ3n) is 21.1. The fourth-order valence-electron chi connectivity index (χ4n) is 15.2. The van der Waals surface area contributed by atoms with Crippen molar-refractivity contribution >= 4 is 70.0 Å². The summed E-state index contributed by atoms with van der Waals surface area (Å²) in [5.74, 6) is -2.13. The van der Waals surface area contributed by atoms with E-state index >= 15 is 19.2 Å². The summed E-state index contributed by atoms with van der Waals surface area (Å²) in [4.78, 5) is 120. The highest BCUT2D eigenvalue weighted by molar-refractivity contribution is 6.05. The molecule has 8 amide bonds. The van der Waals surface area contributed by atoms with E-state index in [-0.39, 0.29) is 77.8 Å². The van der Waals surface area contributed by atoms with Crippen LogP contribution in [0.25, 0.3) is 0 Å². The maximum Gasteiger partial charge on any atom is 0.251 e. The van der Waals surface area contributed by atoms with Crippen LogP contribution in [0, 0.1) is 0 Å². The van der Waals surface area contributed by atoms with Gasteiger partial charge in [-0.05, 0) is 145 Å². The molecule has 8 N–H and O–H groups in total. The first-order chi connectivity index (χ1) is 60.5. The first-order valence-electron chi connectivity index (χ1n) is 42.5. The SMILES string of the molecule is CCCOc1c2cc(NC(=O)[C@H](Cc3ccccc3)NC(=O)c3ccccc3)cc1Cc1cc(NC(=O)[C@H](Cc3ccccc3)NC(=O)c3ccccc3)cc(c1OCCC)Cc1cc(NC(=O)[C@H](Cc3ccccc3)NC(=O)c3ccccc3)cc(c1OCCC)Cc1cc(NC(=O)[C@H](Cc3ccccc3)NC(=O)c3ccccc3)cc(c1OCCC)C2. The fraction of sp³-hybridized carbons (Fsp3) is 0.231. The maximum absolute atomic E-state index is 15.6. The number of ether oxygens (including phenoxy) is 4. The van der Waals surface area contributed by atoms with Crippen molar-refractivity contribution in [1.29, 1.82) is 0 Å². The van der Waals surface area contributed by atoms with Crippen LogP contribution in [0.15, 0.2) is 291 Å². The quantitative estimate of drug-likeness (QED) is 0.0182. The third kappa shape index (κ3) is 24.0. The molecule has 632 valence electrons. The van der Waals surface area contributed by atoms with Crippen molar-refractivity contribution in [2.45, 2.75) is 129 Å². The minimum atomic E-state index is -1.11. The van der Waals surface area contributed by atoms with Crippen LogP contribution in [0.4, 0.5) is 22.7 Å². The lowest BCUT2D eigenvalue weighted by Crippen LogP contribution is -2.45. The Morgan fingerprint density at radius 3 is 0.565 bits per heavy atom. The molecule has 8 bridgehead atoms. The Morgan fingerprint density at radius 2 is 0.403 bits per heavy atom. The molecule has 12 aromatic rings. The van der Waals surface area contributed by atoms with Crippen LogP contribution < -0.4 is 61.5 Å². The second kappa shape index (κ2) is 43.7. The molecule has 0 fully saturated rings. The second-order valence-corrected chi connectivity index (χ2v) is 30.9. The van der Waals surface area contributed by atoms with Gasteiger partial charge in [-0.3, -0.25) is 38.4 Å². The summed E-state index contributed by atoms with van der Waals surface area (Å²) in [5.41, 5.74) is 10.5. The number of hydrogen-bond acceptors (Lipinski definition) is 12. The molecule has 0 unspecified atom stereocenters. The van der Waals surface area contributed by atoms with Gasteiger partial charge in [0.15, 0.2) is 0 Å². The van der Waals surface area contributed by atoms with Gasteiger partial charge in [0.05, 0.1) is 26.4 Å². The van der Waals surface area contributed by atoms with Crippen LogP contribution >= 0.6 is 0 Å². The molecule has 0 heterocycles. The molecule has 13 rings (SSSR count). The predicted molar refractivity (Wildman–Crippen MR) is 486 cm³/mol. The summed E-state index contributed by atoms with van der Waals surface area (Å²) in [6.07, 6.45) is 2.81. The number of rotatable bonds is 36. The fourth-order valence-corrected chi connectivity index (χ4v) is 15.2. The lowest BCUT2D eigenvalue weighted by Gasteiger charge is -2.26. The van der Waals surface area contributed by atoms with Crippen molar-refractivity contribution < 1.29 is 57.3 Å². The van der Waals surface area contributed by atoms with E-state index in [0.29, 0.717) is 138 Å². The molecule has 20 heteroatoms. The van der Waals surface area contributed by atoms with Gasteiger partial charge in [0.2, 0.25) is 23.6 Å². The summed E-state index contributed by atoms with van der Waals surface area (Å²) < 4.78 is 28.5. The van der Waals surface area contributed by atoms with E-state index < -0.39 is 71.4 Å². The van der Waals surface area contributed by atoms with E-state index in [1.54, 1.807) is 97.1 Å². The van der Waals surface area contributed by atoms with E-state index in [4.69, 9.17) is 18.9 Å². The Balaban J connectivity index is 1.04. The van der Waals surface area contributed by atoms with E-state index in [2.05, 4.69) is 42.5 Å². The zero-order valence-corrected chi connectivity index (χ0v) is 70.2. The Hall–Kier alpha value is -14.4. The van der Waals surface area contributed by atoms with Crippen LogP contribution in [0.3, 0.4) is 0 Å². The maximum atomic E-state index is 15.6. The number of hydrogen-bond donors (Lipinski definition) is 8. The largest absolute Gasteiger partial charge is 0.493 e. The van der Waals surface area contributed by atoms with E-state index in [0.717, 1.165) is 22.3 Å². The number of amides is 8. The minimum absolute atomic E-state index is 0.0119. The summed E-state index contributed by atoms with van der Waals surface area (Å²) in [5, 5.41) is 25.3. The Morgan fingerprint density at radius 1 is 0.242 bits per heavy atom. The van der Waals surface area contributed by atoms with E-state index in [9.17, 15) is 19.2 Å². The number of carbonyl (C=O) groups is 8. The van der Waals surface area contributed by atoms with Gasteiger partial charge in [-0.15, -0.1) is 0 Å². The molecule has 0 aliphatic heterocycles. The Kier molecular flexibility index (Phi) is 30.8. The van der Waals surface area contributed by atoms with Gasteiger partial charge < -0.3 is 61.5 Å². The average Bonchev–Trinajstić information content (AvgIpc) is 0.768. The van der Waals surface area contributed by atoms with Gasteiger partial charge in [0.25, 0.3) is 23.6 Å². The van der Waals surface area contributed by atoms with Crippen LogP contribution in [-0.4, -0.2) is 97.9 Å². The molecule has 1 aliphatic rings. The summed E-state index contributed by atoms with van der Waals surface area (Å²) in [7, 11) is 0. The van der Waals surface area contributed by atoms with Crippen LogP contribution in [0.5, 0.6) is 23.0 Å². The first kappa shape index (κ1) is 87.4. The van der Waals surface area contributed by atoms with E-state index in [1.807, 2.05) is 222 Å². The van der Waals surface area contributed by atoms with Crippen molar-refractivity contribution in [3.8, 4) is 23.0 Å². The molecule has 12 aromatic carbocycles. The molecule has 0 radical (unpaired) electrons. The van der Waals surface area contributed by atoms with Gasteiger partial charge in [0, 0.05) is 141 Å². The topological polar surface area (TPSA) is 270 Å². The van der Waals surface area contributed by atoms with Gasteiger partial charge in [0.1, 0.15) is 47.2 Å². The molecule has 0 saturated heterocycles. The number of fused-ring (bicyclic) bond motifs is 8. The molecule has 20 nitrogen and oxygen atoms in total. The van der Waals surface area contributed by atoms with Crippen molar-refractivity contribution in [3.05, 3.63) is 380 Å². The Labute approximate surface area is 724 Å². The molecular weight excluding hydrogens is 1550 g/mol. The molecule has 0 aromatic heterocycles. The highest BCUT2D eigenvalue weighted by Gasteiger charge is 2.32. The van der Waals surface area contributed by atoms with Crippen LogP contribution in [-0.2, 0) is 70.5 Å². The zero-order valence-electron chi connectivity index (χ0n) is 70.2. The summed E-state index contributed by atoms with van der Waals surface area (Å²) in [6.45, 7) is 8.94. The second-order valence-electron chi connectivity index (χ2n) is 30.9. The van der Waals surface area contributed by atoms with Crippen molar-refractivity contribution in [2.24, 2.45) is 0 Å². The highest BCUT2D eigenvalue weighted by atomic mass is 16.5. The number of benzene rings is 12. The number of anilines is 4. The minimum Gasteiger partial charge on any atom is -0.493 e. The van der Waals surface area contributed by atoms with Crippen LogP contribution in [0.2, 0.25) is 0 Å². The standard InChI is InChI=1S/C104H104N8O12/c1-5-49-121-93-77-57-79-63-86(106-102(118)90(54-70-35-19-10-20-36-70)110-98(114)74-43-27-14-28-44-74)65-81(94(79)122-50-6-2)59-83-67-88(108-104(120)92(56-72-39-23-12-24-40-72)112-100(116)76-47-31-16-32-48-76)68-84(96(83)124-52-8-4)60-82-66-87(107-103(119)91(55-71-37-21-11-22-38-71)111-99(115)75-45-29-15-30-46-75)64-80(95(82)123-51-7-3)58-78(93)62-85(61-77)105-101(117)89(53-69-33-17-9-18-34-69)109-97(113)73-41-25-13-26-42-73/h9-48,61-68,89-92H,5-8,49-60H2,1-4H3,(H,105,117)(H,106,118)(H,107,119)(H,108,120)(H,109,113)(H,110,114)(H,111,115)(H,112,116)/t89-,90-,91-,92-/m0/s1. The zero-order chi connectivity index (χ0) is 86.5. The number of carbonyl (C=O) groups excluding carboxylic acids is 8. The smallest absolute Gasteiger partial charge is 0.251 e. The van der Waals surface area contributed by atoms with Gasteiger partial charge in [-0.2, -0.15) is 0 Å². The lowest BCUT2D eigenvalue weighted by atomic mass is 9.90. The molecule has 0 spiro atoms. The lowest BCUT2D eigenvalue weighted by molar-refractivity contribution is -0.118. The van der Waals surface area contributed by atoms with E-state index in [1.165, 1.54) is 0 Å². The summed E-state index contributed by atoms with van der Waals surface area (Å²) in [6, 6.07) is 82.9.